The van der Waals surface area contributed by atoms with Gasteiger partial charge in [-0.25, -0.2) is 0 Å². The van der Waals surface area contributed by atoms with Gasteiger partial charge in [0.15, 0.2) is 11.5 Å². The number of rotatable bonds is 8. The second-order valence-corrected chi connectivity index (χ2v) is 7.29. The Morgan fingerprint density at radius 2 is 1.93 bits per heavy atom. The Labute approximate surface area is 169 Å². The highest BCUT2D eigenvalue weighted by atomic mass is 16.7. The molecule has 0 saturated heterocycles. The van der Waals surface area contributed by atoms with Gasteiger partial charge in [0, 0.05) is 30.4 Å². The van der Waals surface area contributed by atoms with Gasteiger partial charge in [-0.1, -0.05) is 30.3 Å². The average molecular weight is 395 g/mol. The van der Waals surface area contributed by atoms with Crippen LogP contribution in [0.4, 0.5) is 0 Å². The number of fused-ring (bicyclic) bond motifs is 1. The molecular weight excluding hydrogens is 370 g/mol. The van der Waals surface area contributed by atoms with Gasteiger partial charge in [0.25, 0.3) is 0 Å². The molecule has 3 aromatic rings. The summed E-state index contributed by atoms with van der Waals surface area (Å²) in [6.07, 6.45) is 1.27. The van der Waals surface area contributed by atoms with Crippen LogP contribution in [0.5, 0.6) is 11.5 Å². The third-order valence-corrected chi connectivity index (χ3v) is 4.84. The van der Waals surface area contributed by atoms with E-state index in [-0.39, 0.29) is 13.4 Å². The molecule has 4 rings (SSSR count). The van der Waals surface area contributed by atoms with Crippen molar-refractivity contribution in [2.24, 2.45) is 0 Å². The Morgan fingerprint density at radius 1 is 1.14 bits per heavy atom. The molecule has 7 heteroatoms. The number of hydrogen-bond donors (Lipinski definition) is 2. The molecule has 29 heavy (non-hydrogen) atoms. The van der Waals surface area contributed by atoms with Crippen LogP contribution in [0.25, 0.3) is 11.3 Å². The number of benzene rings is 2. The van der Waals surface area contributed by atoms with Gasteiger partial charge < -0.3 is 19.7 Å². The van der Waals surface area contributed by atoms with Crippen molar-refractivity contribution in [2.45, 2.75) is 19.2 Å². The Morgan fingerprint density at radius 3 is 2.72 bits per heavy atom. The predicted octanol–water partition coefficient (Wildman–Crippen LogP) is 2.11. The van der Waals surface area contributed by atoms with Gasteiger partial charge in [0.1, 0.15) is 0 Å². The Bertz CT molecular complexity index is 958. The number of aliphatic hydroxyl groups is 2. The maximum Gasteiger partial charge on any atom is 0.231 e. The average Bonchev–Trinajstić information content (AvgIpc) is 3.34. The van der Waals surface area contributed by atoms with E-state index in [1.54, 1.807) is 0 Å². The molecule has 0 radical (unpaired) electrons. The normalized spacial score (nSPS) is 13.8. The first kappa shape index (κ1) is 19.4. The van der Waals surface area contributed by atoms with Crippen molar-refractivity contribution in [1.82, 2.24) is 14.7 Å². The zero-order valence-corrected chi connectivity index (χ0v) is 16.4. The fraction of sp³-hybridized carbons (Fsp3) is 0.318. The summed E-state index contributed by atoms with van der Waals surface area (Å²) >= 11 is 0. The molecule has 1 atom stereocenters. The molecule has 7 nitrogen and oxygen atoms in total. The van der Waals surface area contributed by atoms with Gasteiger partial charge in [-0.05, 0) is 30.8 Å². The molecule has 152 valence electrons. The second kappa shape index (κ2) is 8.65. The monoisotopic (exact) mass is 395 g/mol. The fourth-order valence-corrected chi connectivity index (χ4v) is 3.49. The van der Waals surface area contributed by atoms with E-state index in [2.05, 4.69) is 12.1 Å². The van der Waals surface area contributed by atoms with Crippen molar-refractivity contribution in [3.63, 3.8) is 0 Å². The van der Waals surface area contributed by atoms with E-state index >= 15 is 0 Å². The molecule has 0 saturated carbocycles. The lowest BCUT2D eigenvalue weighted by Crippen LogP contribution is -2.31. The molecule has 0 spiro atoms. The van der Waals surface area contributed by atoms with E-state index in [0.717, 1.165) is 28.3 Å². The predicted molar refractivity (Wildman–Crippen MR) is 109 cm³/mol. The number of ether oxygens (including phenoxy) is 2. The van der Waals surface area contributed by atoms with Crippen LogP contribution in [0, 0.1) is 0 Å². The van der Waals surface area contributed by atoms with Gasteiger partial charge in [0.2, 0.25) is 6.79 Å². The molecule has 0 amide bonds. The van der Waals surface area contributed by atoms with Crippen molar-refractivity contribution in [1.29, 1.82) is 0 Å². The van der Waals surface area contributed by atoms with Gasteiger partial charge in [-0.2, -0.15) is 5.10 Å². The van der Waals surface area contributed by atoms with Crippen LogP contribution >= 0.6 is 0 Å². The zero-order chi connectivity index (χ0) is 20.2. The summed E-state index contributed by atoms with van der Waals surface area (Å²) in [4.78, 5) is 1.97. The molecule has 0 aliphatic carbocycles. The number of aromatic nitrogens is 2. The van der Waals surface area contributed by atoms with Gasteiger partial charge >= 0.3 is 0 Å². The molecule has 2 aromatic carbocycles. The summed E-state index contributed by atoms with van der Waals surface area (Å²) in [7, 11) is 1.91. The number of likely N-dealkylation sites (N-methyl/N-ethyl adjacent to an activating group) is 1. The van der Waals surface area contributed by atoms with Crippen molar-refractivity contribution in [3.05, 3.63) is 65.9 Å². The van der Waals surface area contributed by atoms with Gasteiger partial charge in [-0.3, -0.25) is 9.58 Å². The van der Waals surface area contributed by atoms with E-state index in [0.29, 0.717) is 19.6 Å². The lowest BCUT2D eigenvalue weighted by atomic mass is 10.1. The third kappa shape index (κ3) is 4.59. The summed E-state index contributed by atoms with van der Waals surface area (Å²) in [6, 6.07) is 16.0. The molecule has 0 fully saturated rings. The van der Waals surface area contributed by atoms with E-state index in [1.165, 1.54) is 5.56 Å². The SMILES string of the molecule is CN(Cc1cn(Cc2ccccc2)nc1-c1ccc2c(c1)OCO2)C[C@H](O)CO. The molecular formula is C22H25N3O4. The van der Waals surface area contributed by atoms with E-state index in [9.17, 15) is 5.11 Å². The fourth-order valence-electron chi connectivity index (χ4n) is 3.49. The van der Waals surface area contributed by atoms with Crippen molar-refractivity contribution >= 4 is 0 Å². The van der Waals surface area contributed by atoms with Crippen LogP contribution in [0.2, 0.25) is 0 Å². The Kier molecular flexibility index (Phi) is 5.80. The van der Waals surface area contributed by atoms with Crippen LogP contribution in [0.15, 0.2) is 54.7 Å². The first-order valence-corrected chi connectivity index (χ1v) is 9.60. The summed E-state index contributed by atoms with van der Waals surface area (Å²) in [5, 5.41) is 23.7. The highest BCUT2D eigenvalue weighted by molar-refractivity contribution is 5.67. The molecule has 2 N–H and O–H groups in total. The highest BCUT2D eigenvalue weighted by Gasteiger charge is 2.19. The van der Waals surface area contributed by atoms with Crippen molar-refractivity contribution in [3.8, 4) is 22.8 Å². The molecule has 1 aromatic heterocycles. The van der Waals surface area contributed by atoms with Crippen LogP contribution in [-0.2, 0) is 13.1 Å². The number of hydrogen-bond acceptors (Lipinski definition) is 6. The topological polar surface area (TPSA) is 80.0 Å². The zero-order valence-electron chi connectivity index (χ0n) is 16.4. The van der Waals surface area contributed by atoms with Crippen LogP contribution in [-0.4, -0.2) is 58.0 Å². The van der Waals surface area contributed by atoms with E-state index < -0.39 is 6.10 Å². The van der Waals surface area contributed by atoms with E-state index in [1.807, 2.05) is 59.2 Å². The summed E-state index contributed by atoms with van der Waals surface area (Å²) in [6.45, 7) is 1.61. The quantitative estimate of drug-likeness (QED) is 0.608. The molecule has 0 unspecified atom stereocenters. The minimum absolute atomic E-state index is 0.232. The number of nitrogens with zero attached hydrogens (tertiary/aromatic N) is 3. The van der Waals surface area contributed by atoms with E-state index in [4.69, 9.17) is 19.7 Å². The standard InChI is InChI=1S/C22H25N3O4/c1-24(13-19(27)14-26)11-18-12-25(10-16-5-3-2-4-6-16)23-22(18)17-7-8-20-21(9-17)29-15-28-20/h2-9,12,19,26-27H,10-11,13-15H2,1H3/t19-/m0/s1. The summed E-state index contributed by atoms with van der Waals surface area (Å²) in [5.41, 5.74) is 4.02. The first-order chi connectivity index (χ1) is 14.1. The Balaban J connectivity index is 1.64. The highest BCUT2D eigenvalue weighted by Crippen LogP contribution is 2.36. The molecule has 2 heterocycles. The second-order valence-electron chi connectivity index (χ2n) is 7.29. The van der Waals surface area contributed by atoms with Crippen LogP contribution in [0.3, 0.4) is 0 Å². The van der Waals surface area contributed by atoms with Crippen molar-refractivity contribution in [2.75, 3.05) is 27.0 Å². The maximum atomic E-state index is 9.76. The Hall–Kier alpha value is -2.87. The lowest BCUT2D eigenvalue weighted by Gasteiger charge is -2.19. The minimum Gasteiger partial charge on any atom is -0.454 e. The van der Waals surface area contributed by atoms with Crippen molar-refractivity contribution < 1.29 is 19.7 Å². The minimum atomic E-state index is -0.770. The summed E-state index contributed by atoms with van der Waals surface area (Å²) in [5.74, 6) is 1.46. The molecule has 1 aliphatic heterocycles. The van der Waals surface area contributed by atoms with Gasteiger partial charge in [0.05, 0.1) is 24.9 Å². The molecule has 1 aliphatic rings. The summed E-state index contributed by atoms with van der Waals surface area (Å²) < 4.78 is 12.9. The maximum absolute atomic E-state index is 9.76. The van der Waals surface area contributed by atoms with Gasteiger partial charge in [-0.15, -0.1) is 0 Å². The third-order valence-electron chi connectivity index (χ3n) is 4.84. The first-order valence-electron chi connectivity index (χ1n) is 9.60. The van der Waals surface area contributed by atoms with Crippen LogP contribution in [0.1, 0.15) is 11.1 Å². The smallest absolute Gasteiger partial charge is 0.231 e. The number of aliphatic hydroxyl groups excluding tert-OH is 2. The molecule has 0 bridgehead atoms. The van der Waals surface area contributed by atoms with Crippen LogP contribution < -0.4 is 9.47 Å². The lowest BCUT2D eigenvalue weighted by molar-refractivity contribution is 0.0648. The largest absolute Gasteiger partial charge is 0.454 e.